The van der Waals surface area contributed by atoms with Crippen molar-refractivity contribution in [3.8, 4) is 5.75 Å². The van der Waals surface area contributed by atoms with Gasteiger partial charge in [-0.05, 0) is 25.0 Å². The van der Waals surface area contributed by atoms with Crippen LogP contribution in [0.2, 0.25) is 0 Å². The molecule has 1 heterocycles. The second kappa shape index (κ2) is 5.89. The number of allylic oxidation sites excluding steroid dienone is 1. The average Bonchev–Trinajstić information content (AvgIpc) is 2.68. The SMILES string of the molecule is C=CC[C@@H]1C[C@H](COC)N(c2ccccc2O)C1=O. The largest absolute Gasteiger partial charge is 0.506 e. The summed E-state index contributed by atoms with van der Waals surface area (Å²) in [6, 6.07) is 6.87. The van der Waals surface area contributed by atoms with Gasteiger partial charge in [0.15, 0.2) is 0 Å². The van der Waals surface area contributed by atoms with Crippen molar-refractivity contribution in [3.05, 3.63) is 36.9 Å². The second-order valence-corrected chi connectivity index (χ2v) is 4.76. The third kappa shape index (κ3) is 2.63. The topological polar surface area (TPSA) is 49.8 Å². The van der Waals surface area contributed by atoms with Crippen LogP contribution >= 0.6 is 0 Å². The number of methoxy groups -OCH3 is 1. The van der Waals surface area contributed by atoms with Gasteiger partial charge < -0.3 is 14.7 Å². The zero-order chi connectivity index (χ0) is 13.8. The summed E-state index contributed by atoms with van der Waals surface area (Å²) in [5.41, 5.74) is 0.557. The van der Waals surface area contributed by atoms with E-state index < -0.39 is 0 Å². The number of aromatic hydroxyl groups is 1. The molecule has 2 atom stereocenters. The Balaban J connectivity index is 2.32. The highest BCUT2D eigenvalue weighted by atomic mass is 16.5. The number of phenols is 1. The Labute approximate surface area is 113 Å². The molecular weight excluding hydrogens is 242 g/mol. The Morgan fingerprint density at radius 3 is 2.89 bits per heavy atom. The molecule has 1 N–H and O–H groups in total. The van der Waals surface area contributed by atoms with Crippen LogP contribution in [0.5, 0.6) is 5.75 Å². The van der Waals surface area contributed by atoms with Crippen LogP contribution in [0, 0.1) is 5.92 Å². The number of ether oxygens (including phenoxy) is 1. The van der Waals surface area contributed by atoms with Crippen molar-refractivity contribution in [1.82, 2.24) is 0 Å². The molecule has 102 valence electrons. The van der Waals surface area contributed by atoms with Crippen molar-refractivity contribution in [3.63, 3.8) is 0 Å². The van der Waals surface area contributed by atoms with E-state index in [1.807, 2.05) is 6.07 Å². The summed E-state index contributed by atoms with van der Waals surface area (Å²) in [6.45, 7) is 4.16. The molecule has 19 heavy (non-hydrogen) atoms. The smallest absolute Gasteiger partial charge is 0.230 e. The number of rotatable bonds is 5. The lowest BCUT2D eigenvalue weighted by Crippen LogP contribution is -2.36. The standard InChI is InChI=1S/C15H19NO3/c1-3-6-11-9-12(10-19-2)16(15(11)18)13-7-4-5-8-14(13)17/h3-5,7-8,11-12,17H,1,6,9-10H2,2H3/t11-,12-/m1/s1. The summed E-state index contributed by atoms with van der Waals surface area (Å²) in [5.74, 6) is 0.0805. The molecule has 0 bridgehead atoms. The number of para-hydroxylation sites is 2. The van der Waals surface area contributed by atoms with Crippen molar-refractivity contribution >= 4 is 11.6 Å². The zero-order valence-electron chi connectivity index (χ0n) is 11.1. The van der Waals surface area contributed by atoms with Gasteiger partial charge in [0.2, 0.25) is 5.91 Å². The minimum absolute atomic E-state index is 0.0310. The van der Waals surface area contributed by atoms with E-state index in [-0.39, 0.29) is 23.6 Å². The highest BCUT2D eigenvalue weighted by molar-refractivity contribution is 5.99. The third-order valence-corrected chi connectivity index (χ3v) is 3.46. The molecule has 1 fully saturated rings. The fraction of sp³-hybridized carbons (Fsp3) is 0.400. The predicted molar refractivity (Wildman–Crippen MR) is 74.2 cm³/mol. The normalized spacial score (nSPS) is 22.8. The van der Waals surface area contributed by atoms with Gasteiger partial charge in [-0.25, -0.2) is 0 Å². The number of anilines is 1. The Kier molecular flexibility index (Phi) is 4.22. The first kappa shape index (κ1) is 13.6. The highest BCUT2D eigenvalue weighted by Crippen LogP contribution is 2.36. The molecule has 0 saturated carbocycles. The first-order chi connectivity index (χ1) is 9.19. The molecule has 4 nitrogen and oxygen atoms in total. The first-order valence-corrected chi connectivity index (χ1v) is 6.40. The summed E-state index contributed by atoms with van der Waals surface area (Å²) in [6.07, 6.45) is 3.15. The fourth-order valence-corrected chi connectivity index (χ4v) is 2.63. The van der Waals surface area contributed by atoms with Gasteiger partial charge >= 0.3 is 0 Å². The zero-order valence-corrected chi connectivity index (χ0v) is 11.1. The van der Waals surface area contributed by atoms with E-state index in [0.29, 0.717) is 18.7 Å². The number of hydrogen-bond acceptors (Lipinski definition) is 3. The van der Waals surface area contributed by atoms with Crippen LogP contribution in [0.3, 0.4) is 0 Å². The van der Waals surface area contributed by atoms with Crippen LogP contribution in [-0.2, 0) is 9.53 Å². The number of nitrogens with zero attached hydrogens (tertiary/aromatic N) is 1. The lowest BCUT2D eigenvalue weighted by atomic mass is 10.0. The maximum atomic E-state index is 12.4. The van der Waals surface area contributed by atoms with Crippen molar-refractivity contribution in [2.45, 2.75) is 18.9 Å². The monoisotopic (exact) mass is 261 g/mol. The van der Waals surface area contributed by atoms with Crippen LogP contribution in [0.25, 0.3) is 0 Å². The molecule has 1 aromatic rings. The maximum Gasteiger partial charge on any atom is 0.230 e. The van der Waals surface area contributed by atoms with Gasteiger partial charge in [0.05, 0.1) is 18.3 Å². The van der Waals surface area contributed by atoms with E-state index in [9.17, 15) is 9.90 Å². The van der Waals surface area contributed by atoms with Crippen molar-refractivity contribution < 1.29 is 14.6 Å². The van der Waals surface area contributed by atoms with E-state index in [1.165, 1.54) is 0 Å². The average molecular weight is 261 g/mol. The Bertz CT molecular complexity index is 472. The molecule has 1 aromatic carbocycles. The molecular formula is C15H19NO3. The van der Waals surface area contributed by atoms with Crippen LogP contribution in [0.4, 0.5) is 5.69 Å². The van der Waals surface area contributed by atoms with E-state index in [0.717, 1.165) is 6.42 Å². The number of carbonyl (C=O) groups excluding carboxylic acids is 1. The third-order valence-electron chi connectivity index (χ3n) is 3.46. The van der Waals surface area contributed by atoms with Gasteiger partial charge in [-0.15, -0.1) is 6.58 Å². The van der Waals surface area contributed by atoms with E-state index >= 15 is 0 Å². The second-order valence-electron chi connectivity index (χ2n) is 4.76. The maximum absolute atomic E-state index is 12.4. The van der Waals surface area contributed by atoms with E-state index in [4.69, 9.17) is 4.74 Å². The Morgan fingerprint density at radius 1 is 1.53 bits per heavy atom. The predicted octanol–water partition coefficient (Wildman–Crippen LogP) is 2.34. The van der Waals surface area contributed by atoms with Crippen molar-refractivity contribution in [2.75, 3.05) is 18.6 Å². The molecule has 0 unspecified atom stereocenters. The lowest BCUT2D eigenvalue weighted by molar-refractivity contribution is -0.120. The molecule has 0 aliphatic carbocycles. The van der Waals surface area contributed by atoms with Crippen LogP contribution in [0.15, 0.2) is 36.9 Å². The molecule has 0 aromatic heterocycles. The van der Waals surface area contributed by atoms with Gasteiger partial charge in [0.1, 0.15) is 5.75 Å². The summed E-state index contributed by atoms with van der Waals surface area (Å²) in [4.78, 5) is 14.1. The summed E-state index contributed by atoms with van der Waals surface area (Å²) < 4.78 is 5.19. The molecule has 0 radical (unpaired) electrons. The summed E-state index contributed by atoms with van der Waals surface area (Å²) in [7, 11) is 1.62. The number of benzene rings is 1. The lowest BCUT2D eigenvalue weighted by Gasteiger charge is -2.25. The molecule has 2 rings (SSSR count). The Morgan fingerprint density at radius 2 is 2.26 bits per heavy atom. The van der Waals surface area contributed by atoms with Crippen LogP contribution in [0.1, 0.15) is 12.8 Å². The number of phenolic OH excluding ortho intramolecular Hbond substituents is 1. The highest BCUT2D eigenvalue weighted by Gasteiger charge is 2.40. The molecule has 0 spiro atoms. The first-order valence-electron chi connectivity index (χ1n) is 6.40. The molecule has 1 amide bonds. The number of amides is 1. The van der Waals surface area contributed by atoms with Crippen LogP contribution < -0.4 is 4.90 Å². The van der Waals surface area contributed by atoms with Gasteiger partial charge in [0.25, 0.3) is 0 Å². The van der Waals surface area contributed by atoms with Gasteiger partial charge in [-0.3, -0.25) is 4.79 Å². The molecule has 1 aliphatic heterocycles. The number of hydrogen-bond donors (Lipinski definition) is 1. The molecule has 1 saturated heterocycles. The van der Waals surface area contributed by atoms with Gasteiger partial charge in [-0.2, -0.15) is 0 Å². The Hall–Kier alpha value is -1.81. The summed E-state index contributed by atoms with van der Waals surface area (Å²) >= 11 is 0. The quantitative estimate of drug-likeness (QED) is 0.828. The minimum atomic E-state index is -0.0720. The molecule has 4 heteroatoms. The van der Waals surface area contributed by atoms with Gasteiger partial charge in [0, 0.05) is 13.0 Å². The van der Waals surface area contributed by atoms with Gasteiger partial charge in [-0.1, -0.05) is 18.2 Å². The van der Waals surface area contributed by atoms with E-state index in [1.54, 1.807) is 36.3 Å². The minimum Gasteiger partial charge on any atom is -0.506 e. The van der Waals surface area contributed by atoms with Crippen molar-refractivity contribution in [1.29, 1.82) is 0 Å². The molecule has 1 aliphatic rings. The fourth-order valence-electron chi connectivity index (χ4n) is 2.63. The van der Waals surface area contributed by atoms with E-state index in [2.05, 4.69) is 6.58 Å². The number of carbonyl (C=O) groups is 1. The summed E-state index contributed by atoms with van der Waals surface area (Å²) in [5, 5.41) is 9.94. The van der Waals surface area contributed by atoms with Crippen molar-refractivity contribution in [2.24, 2.45) is 5.92 Å². The van der Waals surface area contributed by atoms with Crippen LogP contribution in [-0.4, -0.2) is 30.8 Å².